The molecule has 84 valence electrons. The second-order valence-electron chi connectivity index (χ2n) is 3.70. The molecule has 0 aliphatic rings. The van der Waals surface area contributed by atoms with E-state index in [1.165, 1.54) is 0 Å². The summed E-state index contributed by atoms with van der Waals surface area (Å²) in [7, 11) is 1.84. The van der Waals surface area contributed by atoms with Crippen LogP contribution in [0.3, 0.4) is 0 Å². The molecule has 0 radical (unpaired) electrons. The quantitative estimate of drug-likeness (QED) is 0.797. The molecule has 5 nitrogen and oxygen atoms in total. The molecule has 1 aromatic rings. The lowest BCUT2D eigenvalue weighted by molar-refractivity contribution is 0.249. The van der Waals surface area contributed by atoms with Gasteiger partial charge in [0.25, 0.3) is 0 Å². The van der Waals surface area contributed by atoms with Gasteiger partial charge in [-0.2, -0.15) is 5.10 Å². The van der Waals surface area contributed by atoms with Crippen LogP contribution in [0.1, 0.15) is 26.0 Å². The minimum Gasteiger partial charge on any atom is -0.335 e. The first-order chi connectivity index (χ1) is 7.02. The van der Waals surface area contributed by atoms with Crippen molar-refractivity contribution >= 4 is 11.8 Å². The van der Waals surface area contributed by atoms with Crippen molar-refractivity contribution in [2.24, 2.45) is 7.05 Å². The fourth-order valence-corrected chi connectivity index (χ4v) is 1.10. The average Bonchev–Trinajstić information content (AvgIpc) is 2.45. The van der Waals surface area contributed by atoms with Crippen molar-refractivity contribution < 1.29 is 4.79 Å². The summed E-state index contributed by atoms with van der Waals surface area (Å²) in [6.45, 7) is 5.92. The molecule has 0 saturated carbocycles. The molecule has 0 fully saturated rings. The fourth-order valence-electron chi connectivity index (χ4n) is 1.10. The van der Waals surface area contributed by atoms with Crippen LogP contribution in [0, 0.1) is 6.92 Å². The van der Waals surface area contributed by atoms with Crippen LogP contribution in [0.25, 0.3) is 0 Å². The van der Waals surface area contributed by atoms with E-state index in [1.807, 2.05) is 33.9 Å². The number of aryl methyl sites for hydroxylation is 2. The Kier molecular flexibility index (Phi) is 3.71. The first-order valence-electron chi connectivity index (χ1n) is 5.11. The Morgan fingerprint density at radius 2 is 2.33 bits per heavy atom. The zero-order valence-electron chi connectivity index (χ0n) is 9.66. The van der Waals surface area contributed by atoms with Crippen molar-refractivity contribution in [1.82, 2.24) is 15.1 Å². The van der Waals surface area contributed by atoms with E-state index < -0.39 is 0 Å². The normalized spacial score (nSPS) is 12.3. The van der Waals surface area contributed by atoms with Crippen LogP contribution in [0.5, 0.6) is 0 Å². The Balaban J connectivity index is 2.51. The maximum absolute atomic E-state index is 11.4. The molecule has 0 aliphatic carbocycles. The molecule has 0 spiro atoms. The minimum atomic E-state index is -0.206. The summed E-state index contributed by atoms with van der Waals surface area (Å²) in [5.41, 5.74) is 1.01. The third kappa shape index (κ3) is 3.27. The van der Waals surface area contributed by atoms with Gasteiger partial charge in [0, 0.05) is 24.8 Å². The summed E-state index contributed by atoms with van der Waals surface area (Å²) >= 11 is 0. The van der Waals surface area contributed by atoms with Crippen LogP contribution >= 0.6 is 0 Å². The predicted octanol–water partition coefficient (Wildman–Crippen LogP) is 1.65. The molecule has 1 heterocycles. The van der Waals surface area contributed by atoms with Crippen LogP contribution in [0.4, 0.5) is 10.6 Å². The van der Waals surface area contributed by atoms with Gasteiger partial charge >= 0.3 is 6.03 Å². The maximum atomic E-state index is 11.4. The summed E-state index contributed by atoms with van der Waals surface area (Å²) in [4.78, 5) is 11.4. The van der Waals surface area contributed by atoms with E-state index in [1.54, 1.807) is 4.68 Å². The van der Waals surface area contributed by atoms with Gasteiger partial charge in [0.05, 0.1) is 0 Å². The largest absolute Gasteiger partial charge is 0.335 e. The van der Waals surface area contributed by atoms with Crippen molar-refractivity contribution in [1.29, 1.82) is 0 Å². The highest BCUT2D eigenvalue weighted by Crippen LogP contribution is 2.06. The van der Waals surface area contributed by atoms with Gasteiger partial charge in [-0.25, -0.2) is 4.79 Å². The SMILES string of the molecule is CCC(C)NC(=O)Nc1cc(C)n(C)n1. The molecule has 0 aromatic carbocycles. The summed E-state index contributed by atoms with van der Waals surface area (Å²) in [6, 6.07) is 1.80. The molecule has 0 bridgehead atoms. The predicted molar refractivity (Wildman–Crippen MR) is 59.9 cm³/mol. The lowest BCUT2D eigenvalue weighted by atomic mass is 10.3. The first kappa shape index (κ1) is 11.6. The van der Waals surface area contributed by atoms with E-state index in [-0.39, 0.29) is 12.1 Å². The molecule has 5 heteroatoms. The van der Waals surface area contributed by atoms with E-state index in [0.717, 1.165) is 12.1 Å². The molecule has 0 saturated heterocycles. The van der Waals surface area contributed by atoms with Gasteiger partial charge in [-0.15, -0.1) is 0 Å². The molecule has 2 amide bonds. The number of aromatic nitrogens is 2. The van der Waals surface area contributed by atoms with Crippen molar-refractivity contribution in [2.75, 3.05) is 5.32 Å². The number of amides is 2. The van der Waals surface area contributed by atoms with Crippen molar-refractivity contribution in [2.45, 2.75) is 33.2 Å². The van der Waals surface area contributed by atoms with Gasteiger partial charge < -0.3 is 5.32 Å². The lowest BCUT2D eigenvalue weighted by Crippen LogP contribution is -2.35. The van der Waals surface area contributed by atoms with E-state index in [9.17, 15) is 4.79 Å². The van der Waals surface area contributed by atoms with Crippen LogP contribution in [-0.2, 0) is 7.05 Å². The maximum Gasteiger partial charge on any atom is 0.320 e. The molecule has 2 N–H and O–H groups in total. The molecule has 1 atom stereocenters. The third-order valence-corrected chi connectivity index (χ3v) is 2.35. The number of hydrogen-bond donors (Lipinski definition) is 2. The van der Waals surface area contributed by atoms with E-state index in [2.05, 4.69) is 15.7 Å². The van der Waals surface area contributed by atoms with E-state index in [0.29, 0.717) is 5.82 Å². The number of nitrogens with zero attached hydrogens (tertiary/aromatic N) is 2. The van der Waals surface area contributed by atoms with Crippen molar-refractivity contribution in [3.8, 4) is 0 Å². The Morgan fingerprint density at radius 3 is 2.80 bits per heavy atom. The Hall–Kier alpha value is -1.52. The minimum absolute atomic E-state index is 0.176. The number of carbonyl (C=O) groups excluding carboxylic acids is 1. The molecule has 0 aliphatic heterocycles. The van der Waals surface area contributed by atoms with Crippen LogP contribution < -0.4 is 10.6 Å². The Morgan fingerprint density at radius 1 is 1.67 bits per heavy atom. The summed E-state index contributed by atoms with van der Waals surface area (Å²) in [5, 5.41) is 9.62. The number of hydrogen-bond acceptors (Lipinski definition) is 2. The second kappa shape index (κ2) is 4.82. The molecule has 15 heavy (non-hydrogen) atoms. The highest BCUT2D eigenvalue weighted by Gasteiger charge is 2.07. The highest BCUT2D eigenvalue weighted by molar-refractivity contribution is 5.88. The highest BCUT2D eigenvalue weighted by atomic mass is 16.2. The van der Waals surface area contributed by atoms with Gasteiger partial charge in [-0.05, 0) is 20.3 Å². The lowest BCUT2D eigenvalue weighted by Gasteiger charge is -2.10. The van der Waals surface area contributed by atoms with Gasteiger partial charge in [0.2, 0.25) is 0 Å². The summed E-state index contributed by atoms with van der Waals surface area (Å²) in [5.74, 6) is 0.579. The number of carbonyl (C=O) groups is 1. The fraction of sp³-hybridized carbons (Fsp3) is 0.600. The number of rotatable bonds is 3. The van der Waals surface area contributed by atoms with Crippen molar-refractivity contribution in [3.05, 3.63) is 11.8 Å². The van der Waals surface area contributed by atoms with Gasteiger partial charge in [-0.1, -0.05) is 6.92 Å². The molecular weight excluding hydrogens is 192 g/mol. The Labute approximate surface area is 89.9 Å². The molecule has 1 unspecified atom stereocenters. The molecule has 1 rings (SSSR count). The standard InChI is InChI=1S/C10H18N4O/c1-5-7(2)11-10(15)12-9-6-8(3)14(4)13-9/h6-7H,5H2,1-4H3,(H2,11,12,13,15). The zero-order valence-corrected chi connectivity index (χ0v) is 9.66. The third-order valence-electron chi connectivity index (χ3n) is 2.35. The number of nitrogens with one attached hydrogen (secondary N) is 2. The van der Waals surface area contributed by atoms with Crippen LogP contribution in [-0.4, -0.2) is 21.9 Å². The monoisotopic (exact) mass is 210 g/mol. The summed E-state index contributed by atoms with van der Waals surface area (Å²) in [6.07, 6.45) is 0.911. The van der Waals surface area contributed by atoms with Gasteiger partial charge in [0.1, 0.15) is 0 Å². The average molecular weight is 210 g/mol. The van der Waals surface area contributed by atoms with Crippen LogP contribution in [0.2, 0.25) is 0 Å². The smallest absolute Gasteiger partial charge is 0.320 e. The molecular formula is C10H18N4O. The number of anilines is 1. The van der Waals surface area contributed by atoms with E-state index >= 15 is 0 Å². The first-order valence-corrected chi connectivity index (χ1v) is 5.11. The van der Waals surface area contributed by atoms with Crippen LogP contribution in [0.15, 0.2) is 6.07 Å². The summed E-state index contributed by atoms with van der Waals surface area (Å²) < 4.78 is 1.72. The van der Waals surface area contributed by atoms with Crippen molar-refractivity contribution in [3.63, 3.8) is 0 Å². The number of urea groups is 1. The van der Waals surface area contributed by atoms with Gasteiger partial charge in [0.15, 0.2) is 5.82 Å². The zero-order chi connectivity index (χ0) is 11.4. The molecule has 1 aromatic heterocycles. The van der Waals surface area contributed by atoms with E-state index in [4.69, 9.17) is 0 Å². The topological polar surface area (TPSA) is 59.0 Å². The Bertz CT molecular complexity index is 326. The van der Waals surface area contributed by atoms with Gasteiger partial charge in [-0.3, -0.25) is 10.00 Å². The second-order valence-corrected chi connectivity index (χ2v) is 3.70.